The molecule has 0 radical (unpaired) electrons. The highest BCUT2D eigenvalue weighted by atomic mass is 19.4. The molecule has 0 saturated carbocycles. The van der Waals surface area contributed by atoms with E-state index in [1.54, 1.807) is 18.2 Å². The molecular weight excluding hydrogens is 324 g/mol. The fourth-order valence-electron chi connectivity index (χ4n) is 3.90. The Bertz CT molecular complexity index is 929. The van der Waals surface area contributed by atoms with Gasteiger partial charge in [-0.1, -0.05) is 18.2 Å². The minimum Gasteiger partial charge on any atom is -0.338 e. The van der Waals surface area contributed by atoms with E-state index in [2.05, 4.69) is 10.3 Å². The van der Waals surface area contributed by atoms with Gasteiger partial charge < -0.3 is 5.32 Å². The highest BCUT2D eigenvalue weighted by molar-refractivity contribution is 6.03. The molecule has 3 aliphatic rings. The standard InChI is InChI=1S/C17H12F4N2O/c18-6-5-11-14-10-2-1-7-22-12(10)8-9-3-4-13(17(19,20)21)16(9,14)23-15(11)24/h1-4,7-8,11H,5-6H2,(H,23,24). The number of nitrogens with zero attached hydrogens (tertiary/aromatic N) is 1. The number of nitrogens with one attached hydrogen (secondary N) is 1. The number of fused-ring (bicyclic) bond motifs is 1. The normalized spacial score (nSPS) is 27.6. The number of carbonyl (C=O) groups excluding carboxylic acids is 1. The summed E-state index contributed by atoms with van der Waals surface area (Å²) in [6.45, 7) is -0.791. The van der Waals surface area contributed by atoms with E-state index >= 15 is 0 Å². The lowest BCUT2D eigenvalue weighted by atomic mass is 9.73. The third kappa shape index (κ3) is 1.78. The van der Waals surface area contributed by atoms with Gasteiger partial charge >= 0.3 is 6.18 Å². The molecule has 1 fully saturated rings. The summed E-state index contributed by atoms with van der Waals surface area (Å²) in [4.78, 5) is 16.6. The van der Waals surface area contributed by atoms with Gasteiger partial charge in [-0.3, -0.25) is 14.2 Å². The monoisotopic (exact) mass is 336 g/mol. The SMILES string of the molecule is O=C1NC23C(=CC=C2C(F)(F)F)C=c2ncccc2=C3C1CCF. The molecule has 1 aliphatic heterocycles. The van der Waals surface area contributed by atoms with Crippen molar-refractivity contribution in [2.24, 2.45) is 5.92 Å². The maximum Gasteiger partial charge on any atom is 0.415 e. The van der Waals surface area contributed by atoms with Crippen LogP contribution < -0.4 is 15.9 Å². The fourth-order valence-corrected chi connectivity index (χ4v) is 3.90. The maximum absolute atomic E-state index is 13.6. The van der Waals surface area contributed by atoms with Gasteiger partial charge in [0.2, 0.25) is 5.91 Å². The van der Waals surface area contributed by atoms with Crippen molar-refractivity contribution in [3.63, 3.8) is 0 Å². The Morgan fingerprint density at radius 1 is 1.29 bits per heavy atom. The molecule has 1 aromatic rings. The largest absolute Gasteiger partial charge is 0.415 e. The summed E-state index contributed by atoms with van der Waals surface area (Å²) >= 11 is 0. The number of hydrogen-bond donors (Lipinski definition) is 1. The van der Waals surface area contributed by atoms with E-state index < -0.39 is 35.8 Å². The average Bonchev–Trinajstić information content (AvgIpc) is 3.02. The van der Waals surface area contributed by atoms with Crippen LogP contribution in [0.2, 0.25) is 0 Å². The van der Waals surface area contributed by atoms with Crippen LogP contribution in [-0.2, 0) is 4.79 Å². The fraction of sp³-hybridized carbons (Fsp3) is 0.294. The molecule has 3 nitrogen and oxygen atoms in total. The van der Waals surface area contributed by atoms with Crippen LogP contribution in [0, 0.1) is 5.92 Å². The number of amides is 1. The summed E-state index contributed by atoms with van der Waals surface area (Å²) in [5.41, 5.74) is -2.04. The molecule has 124 valence electrons. The number of carbonyl (C=O) groups is 1. The van der Waals surface area contributed by atoms with Crippen LogP contribution in [0.15, 0.2) is 41.6 Å². The molecule has 0 aromatic carbocycles. The molecule has 0 bridgehead atoms. The van der Waals surface area contributed by atoms with Gasteiger partial charge in [0.25, 0.3) is 0 Å². The van der Waals surface area contributed by atoms with Gasteiger partial charge in [0.1, 0.15) is 5.54 Å². The van der Waals surface area contributed by atoms with Crippen LogP contribution in [0.1, 0.15) is 6.42 Å². The van der Waals surface area contributed by atoms with Gasteiger partial charge in [0.15, 0.2) is 0 Å². The number of aromatic nitrogens is 1. The Kier molecular flexibility index (Phi) is 3.01. The van der Waals surface area contributed by atoms with Gasteiger partial charge in [-0.2, -0.15) is 13.2 Å². The number of rotatable bonds is 2. The zero-order chi connectivity index (χ0) is 17.1. The van der Waals surface area contributed by atoms with Gasteiger partial charge in [-0.05, 0) is 29.7 Å². The summed E-state index contributed by atoms with van der Waals surface area (Å²) in [6.07, 6.45) is 0.635. The Labute approximate surface area is 134 Å². The summed E-state index contributed by atoms with van der Waals surface area (Å²) in [5, 5.41) is 3.46. The topological polar surface area (TPSA) is 42.0 Å². The molecule has 2 atom stereocenters. The summed E-state index contributed by atoms with van der Waals surface area (Å²) in [5.74, 6) is -1.53. The molecule has 1 spiro atoms. The van der Waals surface area contributed by atoms with E-state index in [1.165, 1.54) is 12.3 Å². The van der Waals surface area contributed by atoms with Crippen molar-refractivity contribution < 1.29 is 22.4 Å². The molecule has 1 amide bonds. The molecule has 24 heavy (non-hydrogen) atoms. The second-order valence-corrected chi connectivity index (χ2v) is 5.96. The van der Waals surface area contributed by atoms with E-state index in [0.29, 0.717) is 16.1 Å². The van der Waals surface area contributed by atoms with E-state index in [4.69, 9.17) is 0 Å². The zero-order valence-electron chi connectivity index (χ0n) is 12.3. The third-order valence-electron chi connectivity index (χ3n) is 4.77. The molecule has 1 N–H and O–H groups in total. The first-order valence-electron chi connectivity index (χ1n) is 7.45. The van der Waals surface area contributed by atoms with E-state index in [-0.39, 0.29) is 12.0 Å². The molecule has 2 aliphatic carbocycles. The van der Waals surface area contributed by atoms with Crippen molar-refractivity contribution in [3.05, 3.63) is 52.2 Å². The van der Waals surface area contributed by atoms with E-state index in [0.717, 1.165) is 6.08 Å². The minimum absolute atomic E-state index is 0.157. The first kappa shape index (κ1) is 15.1. The zero-order valence-corrected chi connectivity index (χ0v) is 12.3. The van der Waals surface area contributed by atoms with Gasteiger partial charge in [0.05, 0.1) is 23.5 Å². The smallest absolute Gasteiger partial charge is 0.338 e. The van der Waals surface area contributed by atoms with E-state index in [9.17, 15) is 22.4 Å². The van der Waals surface area contributed by atoms with Crippen LogP contribution in [0.4, 0.5) is 17.6 Å². The van der Waals surface area contributed by atoms with Gasteiger partial charge in [-0.15, -0.1) is 0 Å². The number of pyridine rings is 1. The quantitative estimate of drug-likeness (QED) is 0.828. The highest BCUT2D eigenvalue weighted by Gasteiger charge is 2.61. The van der Waals surface area contributed by atoms with E-state index in [1.807, 2.05) is 0 Å². The summed E-state index contributed by atoms with van der Waals surface area (Å²) < 4.78 is 53.8. The lowest BCUT2D eigenvalue weighted by molar-refractivity contribution is -0.123. The third-order valence-corrected chi connectivity index (χ3v) is 4.77. The van der Waals surface area contributed by atoms with Gasteiger partial charge in [0, 0.05) is 11.4 Å². The maximum atomic E-state index is 13.6. The Morgan fingerprint density at radius 2 is 2.08 bits per heavy atom. The molecule has 1 aromatic heterocycles. The molecule has 1 saturated heterocycles. The highest BCUT2D eigenvalue weighted by Crippen LogP contribution is 2.52. The summed E-state index contributed by atoms with van der Waals surface area (Å²) in [7, 11) is 0. The first-order chi connectivity index (χ1) is 11.4. The number of alkyl halides is 4. The molecule has 2 heterocycles. The van der Waals surface area contributed by atoms with Crippen LogP contribution >= 0.6 is 0 Å². The van der Waals surface area contributed by atoms with Crippen molar-refractivity contribution in [2.45, 2.75) is 18.1 Å². The predicted molar refractivity (Wildman–Crippen MR) is 78.5 cm³/mol. The minimum atomic E-state index is -4.62. The van der Waals surface area contributed by atoms with Crippen LogP contribution in [0.25, 0.3) is 11.6 Å². The van der Waals surface area contributed by atoms with Crippen LogP contribution in [0.3, 0.4) is 0 Å². The second-order valence-electron chi connectivity index (χ2n) is 5.96. The Hall–Kier alpha value is -2.44. The Morgan fingerprint density at radius 3 is 2.79 bits per heavy atom. The average molecular weight is 336 g/mol. The molecule has 7 heteroatoms. The van der Waals surface area contributed by atoms with Crippen molar-refractivity contribution in [2.75, 3.05) is 6.67 Å². The molecule has 2 unspecified atom stereocenters. The van der Waals surface area contributed by atoms with Crippen molar-refractivity contribution >= 4 is 17.6 Å². The number of hydrogen-bond acceptors (Lipinski definition) is 2. The predicted octanol–water partition coefficient (Wildman–Crippen LogP) is 1.30. The lowest BCUT2D eigenvalue weighted by Crippen LogP contribution is -2.53. The second kappa shape index (κ2) is 4.78. The lowest BCUT2D eigenvalue weighted by Gasteiger charge is -2.35. The summed E-state index contributed by atoms with van der Waals surface area (Å²) in [6, 6.07) is 3.23. The van der Waals surface area contributed by atoms with Crippen LogP contribution in [-0.4, -0.2) is 29.3 Å². The molecular formula is C17H12F4N2O. The number of halogens is 4. The Balaban J connectivity index is 2.09. The molecule has 4 rings (SSSR count). The van der Waals surface area contributed by atoms with Crippen molar-refractivity contribution in [3.8, 4) is 0 Å². The van der Waals surface area contributed by atoms with Gasteiger partial charge in [-0.25, -0.2) is 0 Å². The first-order valence-corrected chi connectivity index (χ1v) is 7.45. The van der Waals surface area contributed by atoms with Crippen molar-refractivity contribution in [1.29, 1.82) is 0 Å². The van der Waals surface area contributed by atoms with Crippen molar-refractivity contribution in [1.82, 2.24) is 10.3 Å². The van der Waals surface area contributed by atoms with Crippen LogP contribution in [0.5, 0.6) is 0 Å². The number of allylic oxidation sites excluding steroid dienone is 2.